The van der Waals surface area contributed by atoms with Gasteiger partial charge in [-0.3, -0.25) is 9.78 Å². The fourth-order valence-corrected chi connectivity index (χ4v) is 1.08. The van der Waals surface area contributed by atoms with Gasteiger partial charge in [0.05, 0.1) is 11.7 Å². The van der Waals surface area contributed by atoms with Gasteiger partial charge in [0.2, 0.25) is 0 Å². The molecule has 2 N–H and O–H groups in total. The zero-order valence-electron chi connectivity index (χ0n) is 9.19. The lowest BCUT2D eigenvalue weighted by Gasteiger charge is -2.20. The van der Waals surface area contributed by atoms with Crippen molar-refractivity contribution in [3.63, 3.8) is 0 Å². The van der Waals surface area contributed by atoms with Crippen LogP contribution in [0.4, 0.5) is 0 Å². The van der Waals surface area contributed by atoms with Crippen LogP contribution in [0.5, 0.6) is 0 Å². The number of hydrogen-bond donors (Lipinski definition) is 2. The molecule has 0 saturated heterocycles. The van der Waals surface area contributed by atoms with E-state index < -0.39 is 11.5 Å². The highest BCUT2D eigenvalue weighted by Gasteiger charge is 2.25. The lowest BCUT2D eigenvalue weighted by molar-refractivity contribution is -0.137. The molecule has 4 heteroatoms. The van der Waals surface area contributed by atoms with Crippen LogP contribution in [0, 0.1) is 0 Å². The van der Waals surface area contributed by atoms with Gasteiger partial charge in [-0.15, -0.1) is 0 Å². The number of amides is 1. The maximum Gasteiger partial charge on any atom is 0.251 e. The molecule has 0 spiro atoms. The molecule has 15 heavy (non-hydrogen) atoms. The Bertz CT molecular complexity index is 330. The molecule has 0 bridgehead atoms. The standard InChI is InChI=1S/C11H16N2O2/c1-8(9-6-4-5-7-12-9)13-10(14)11(2,3)15/h4-8,15H,1-3H3,(H,13,14). The third-order valence-electron chi connectivity index (χ3n) is 2.03. The molecule has 4 nitrogen and oxygen atoms in total. The molecule has 0 fully saturated rings. The Morgan fingerprint density at radius 1 is 1.53 bits per heavy atom. The van der Waals surface area contributed by atoms with Crippen LogP contribution in [0.25, 0.3) is 0 Å². The second-order valence-corrected chi connectivity index (χ2v) is 4.01. The largest absolute Gasteiger partial charge is 0.381 e. The van der Waals surface area contributed by atoms with E-state index in [1.54, 1.807) is 6.20 Å². The van der Waals surface area contributed by atoms with Gasteiger partial charge in [0.1, 0.15) is 5.60 Å². The molecular formula is C11H16N2O2. The van der Waals surface area contributed by atoms with Crippen LogP contribution >= 0.6 is 0 Å². The van der Waals surface area contributed by atoms with Gasteiger partial charge >= 0.3 is 0 Å². The van der Waals surface area contributed by atoms with E-state index >= 15 is 0 Å². The van der Waals surface area contributed by atoms with E-state index in [0.717, 1.165) is 5.69 Å². The van der Waals surface area contributed by atoms with Crippen LogP contribution in [0.1, 0.15) is 32.5 Å². The average molecular weight is 208 g/mol. The maximum atomic E-state index is 11.5. The van der Waals surface area contributed by atoms with E-state index in [0.29, 0.717) is 0 Å². The molecule has 1 atom stereocenters. The Hall–Kier alpha value is -1.42. The van der Waals surface area contributed by atoms with Crippen LogP contribution in [0.2, 0.25) is 0 Å². The Morgan fingerprint density at radius 3 is 2.67 bits per heavy atom. The number of carbonyl (C=O) groups excluding carboxylic acids is 1. The van der Waals surface area contributed by atoms with E-state index in [9.17, 15) is 9.90 Å². The van der Waals surface area contributed by atoms with Gasteiger partial charge in [-0.25, -0.2) is 0 Å². The molecule has 1 unspecified atom stereocenters. The SMILES string of the molecule is CC(NC(=O)C(C)(C)O)c1ccccn1. The summed E-state index contributed by atoms with van der Waals surface area (Å²) in [5, 5.41) is 12.1. The molecule has 1 aromatic rings. The first-order valence-corrected chi connectivity index (χ1v) is 4.85. The summed E-state index contributed by atoms with van der Waals surface area (Å²) in [7, 11) is 0. The van der Waals surface area contributed by atoms with Crippen molar-refractivity contribution < 1.29 is 9.90 Å². The molecule has 1 rings (SSSR count). The van der Waals surface area contributed by atoms with Crippen molar-refractivity contribution >= 4 is 5.91 Å². The van der Waals surface area contributed by atoms with Crippen molar-refractivity contribution in [1.29, 1.82) is 0 Å². The molecule has 1 heterocycles. The van der Waals surface area contributed by atoms with Crippen molar-refractivity contribution in [1.82, 2.24) is 10.3 Å². The highest BCUT2D eigenvalue weighted by atomic mass is 16.3. The van der Waals surface area contributed by atoms with Gasteiger partial charge in [0, 0.05) is 6.20 Å². The van der Waals surface area contributed by atoms with Crippen molar-refractivity contribution in [2.24, 2.45) is 0 Å². The zero-order valence-corrected chi connectivity index (χ0v) is 9.19. The summed E-state index contributed by atoms with van der Waals surface area (Å²) in [6.45, 7) is 4.73. The highest BCUT2D eigenvalue weighted by molar-refractivity contribution is 5.84. The number of rotatable bonds is 3. The summed E-state index contributed by atoms with van der Waals surface area (Å²) in [6.07, 6.45) is 1.67. The van der Waals surface area contributed by atoms with Gasteiger partial charge in [-0.2, -0.15) is 0 Å². The number of hydrogen-bond acceptors (Lipinski definition) is 3. The van der Waals surface area contributed by atoms with E-state index in [1.165, 1.54) is 13.8 Å². The van der Waals surface area contributed by atoms with E-state index in [-0.39, 0.29) is 6.04 Å². The van der Waals surface area contributed by atoms with E-state index in [1.807, 2.05) is 25.1 Å². The molecule has 82 valence electrons. The number of aliphatic hydroxyl groups is 1. The zero-order chi connectivity index (χ0) is 11.5. The fraction of sp³-hybridized carbons (Fsp3) is 0.455. The molecule has 1 amide bonds. The number of carbonyl (C=O) groups is 1. The summed E-state index contributed by atoms with van der Waals surface area (Å²) >= 11 is 0. The number of pyridine rings is 1. The van der Waals surface area contributed by atoms with Crippen LogP contribution in [-0.2, 0) is 4.79 Å². The molecular weight excluding hydrogens is 192 g/mol. The summed E-state index contributed by atoms with van der Waals surface area (Å²) in [5.74, 6) is -0.402. The predicted molar refractivity (Wildman–Crippen MR) is 57.1 cm³/mol. The second-order valence-electron chi connectivity index (χ2n) is 4.01. The topological polar surface area (TPSA) is 62.2 Å². The first-order valence-electron chi connectivity index (χ1n) is 4.85. The molecule has 1 aromatic heterocycles. The first-order chi connectivity index (χ1) is 6.91. The summed E-state index contributed by atoms with van der Waals surface area (Å²) in [4.78, 5) is 15.6. The minimum atomic E-state index is -1.36. The molecule has 0 aliphatic carbocycles. The van der Waals surface area contributed by atoms with Crippen molar-refractivity contribution in [3.05, 3.63) is 30.1 Å². The van der Waals surface area contributed by atoms with Gasteiger partial charge in [-0.05, 0) is 32.9 Å². The minimum Gasteiger partial charge on any atom is -0.381 e. The van der Waals surface area contributed by atoms with Crippen LogP contribution in [0.3, 0.4) is 0 Å². The molecule has 0 radical (unpaired) electrons. The third-order valence-corrected chi connectivity index (χ3v) is 2.03. The van der Waals surface area contributed by atoms with Gasteiger partial charge in [0.25, 0.3) is 5.91 Å². The third kappa shape index (κ3) is 3.32. The smallest absolute Gasteiger partial charge is 0.251 e. The van der Waals surface area contributed by atoms with Gasteiger partial charge < -0.3 is 10.4 Å². The Kier molecular flexibility index (Phi) is 3.42. The van der Waals surface area contributed by atoms with Crippen molar-refractivity contribution in [2.75, 3.05) is 0 Å². The first kappa shape index (κ1) is 11.7. The Balaban J connectivity index is 2.65. The van der Waals surface area contributed by atoms with Gasteiger partial charge in [-0.1, -0.05) is 6.07 Å². The number of aromatic nitrogens is 1. The lowest BCUT2D eigenvalue weighted by atomic mass is 10.1. The minimum absolute atomic E-state index is 0.204. The Morgan fingerprint density at radius 2 is 2.20 bits per heavy atom. The molecule has 0 aliphatic rings. The summed E-state index contributed by atoms with van der Waals surface area (Å²) in [6, 6.07) is 5.29. The highest BCUT2D eigenvalue weighted by Crippen LogP contribution is 2.10. The normalized spacial score (nSPS) is 13.3. The second kappa shape index (κ2) is 4.40. The molecule has 0 aliphatic heterocycles. The fourth-order valence-electron chi connectivity index (χ4n) is 1.08. The monoisotopic (exact) mass is 208 g/mol. The van der Waals surface area contributed by atoms with E-state index in [2.05, 4.69) is 10.3 Å². The number of nitrogens with zero attached hydrogens (tertiary/aromatic N) is 1. The van der Waals surface area contributed by atoms with Crippen LogP contribution < -0.4 is 5.32 Å². The quantitative estimate of drug-likeness (QED) is 0.779. The maximum absolute atomic E-state index is 11.5. The molecule has 0 saturated carbocycles. The average Bonchev–Trinajstić information content (AvgIpc) is 2.17. The summed E-state index contributed by atoms with van der Waals surface area (Å²) in [5.41, 5.74) is -0.585. The van der Waals surface area contributed by atoms with Gasteiger partial charge in [0.15, 0.2) is 0 Å². The molecule has 0 aromatic carbocycles. The Labute approximate surface area is 89.3 Å². The summed E-state index contributed by atoms with van der Waals surface area (Å²) < 4.78 is 0. The van der Waals surface area contributed by atoms with Crippen molar-refractivity contribution in [3.8, 4) is 0 Å². The van der Waals surface area contributed by atoms with Crippen molar-refractivity contribution in [2.45, 2.75) is 32.4 Å². The number of nitrogens with one attached hydrogen (secondary N) is 1. The predicted octanol–water partition coefficient (Wildman–Crippen LogP) is 1.03. The van der Waals surface area contributed by atoms with E-state index in [4.69, 9.17) is 0 Å². The van der Waals surface area contributed by atoms with Crippen LogP contribution in [0.15, 0.2) is 24.4 Å². The van der Waals surface area contributed by atoms with Crippen LogP contribution in [-0.4, -0.2) is 21.6 Å². The lowest BCUT2D eigenvalue weighted by Crippen LogP contribution is -2.43.